The number of benzene rings is 2. The molecule has 0 atom stereocenters. The molecule has 0 fully saturated rings. The van der Waals surface area contributed by atoms with Crippen LogP contribution in [-0.4, -0.2) is 25.8 Å². The van der Waals surface area contributed by atoms with E-state index >= 15 is 0 Å². The van der Waals surface area contributed by atoms with E-state index in [4.69, 9.17) is 4.98 Å². The zero-order valence-electron chi connectivity index (χ0n) is 18.7. The van der Waals surface area contributed by atoms with Gasteiger partial charge in [0, 0.05) is 31.4 Å². The Morgan fingerprint density at radius 2 is 1.82 bits per heavy atom. The summed E-state index contributed by atoms with van der Waals surface area (Å²) >= 11 is 1.23. The van der Waals surface area contributed by atoms with Crippen LogP contribution in [0.1, 0.15) is 25.5 Å². The summed E-state index contributed by atoms with van der Waals surface area (Å²) < 4.78 is 16.5. The summed E-state index contributed by atoms with van der Waals surface area (Å²) in [4.78, 5) is 30.7. The van der Waals surface area contributed by atoms with Gasteiger partial charge in [0.25, 0.3) is 5.56 Å². The molecule has 0 spiro atoms. The lowest BCUT2D eigenvalue weighted by molar-refractivity contribution is -0.118. The Morgan fingerprint density at radius 1 is 1.12 bits per heavy atom. The van der Waals surface area contributed by atoms with Gasteiger partial charge in [-0.15, -0.1) is 0 Å². The lowest BCUT2D eigenvalue weighted by Gasteiger charge is -2.16. The molecule has 2 heterocycles. The number of carbonyl (C=O) groups is 1. The maximum atomic E-state index is 13.4. The van der Waals surface area contributed by atoms with Crippen LogP contribution in [0.5, 0.6) is 0 Å². The molecule has 2 aromatic heterocycles. The molecule has 8 heteroatoms. The van der Waals surface area contributed by atoms with Crippen molar-refractivity contribution >= 4 is 28.7 Å². The summed E-state index contributed by atoms with van der Waals surface area (Å²) in [6, 6.07) is 15.7. The van der Waals surface area contributed by atoms with Gasteiger partial charge < -0.3 is 9.88 Å². The lowest BCUT2D eigenvalue weighted by atomic mass is 10.1. The van der Waals surface area contributed by atoms with Crippen LogP contribution in [0.2, 0.25) is 0 Å². The average Bonchev–Trinajstić information content (AvgIpc) is 3.14. The van der Waals surface area contributed by atoms with Gasteiger partial charge in [-0.2, -0.15) is 0 Å². The molecule has 1 amide bonds. The number of aromatic nitrogens is 3. The van der Waals surface area contributed by atoms with Gasteiger partial charge in [0.05, 0.1) is 5.75 Å². The van der Waals surface area contributed by atoms with Crippen molar-refractivity contribution in [1.82, 2.24) is 19.4 Å². The molecule has 0 aliphatic carbocycles. The van der Waals surface area contributed by atoms with Gasteiger partial charge >= 0.3 is 0 Å². The fraction of sp³-hybridized carbons (Fsp3) is 0.240. The fourth-order valence-electron chi connectivity index (χ4n) is 3.70. The molecule has 0 aliphatic rings. The first-order valence-corrected chi connectivity index (χ1v) is 11.6. The van der Waals surface area contributed by atoms with Crippen LogP contribution in [-0.2, 0) is 18.4 Å². The van der Waals surface area contributed by atoms with Gasteiger partial charge in [-0.05, 0) is 37.1 Å². The van der Waals surface area contributed by atoms with Gasteiger partial charge in [-0.3, -0.25) is 14.2 Å². The number of thioether (sulfide) groups is 1. The van der Waals surface area contributed by atoms with E-state index in [9.17, 15) is 14.0 Å². The first-order chi connectivity index (χ1) is 15.8. The Balaban J connectivity index is 1.62. The number of rotatable bonds is 7. The van der Waals surface area contributed by atoms with Crippen molar-refractivity contribution in [1.29, 1.82) is 0 Å². The largest absolute Gasteiger partial charge is 0.351 e. The van der Waals surface area contributed by atoms with E-state index in [0.717, 1.165) is 16.7 Å². The van der Waals surface area contributed by atoms with E-state index < -0.39 is 0 Å². The molecule has 4 aromatic rings. The van der Waals surface area contributed by atoms with Crippen LogP contribution in [0.15, 0.2) is 70.7 Å². The highest BCUT2D eigenvalue weighted by molar-refractivity contribution is 7.99. The predicted octanol–water partition coefficient (Wildman–Crippen LogP) is 4.53. The summed E-state index contributed by atoms with van der Waals surface area (Å²) in [5.74, 6) is -0.394. The van der Waals surface area contributed by atoms with Gasteiger partial charge in [0.2, 0.25) is 5.91 Å². The number of aryl methyl sites for hydroxylation is 1. The summed E-state index contributed by atoms with van der Waals surface area (Å²) in [5.41, 5.74) is 3.69. The van der Waals surface area contributed by atoms with E-state index in [1.165, 1.54) is 23.9 Å². The highest BCUT2D eigenvalue weighted by Gasteiger charge is 2.20. The van der Waals surface area contributed by atoms with Crippen molar-refractivity contribution < 1.29 is 9.18 Å². The molecule has 0 bridgehead atoms. The van der Waals surface area contributed by atoms with Gasteiger partial charge in [-0.1, -0.05) is 54.2 Å². The molecule has 2 aromatic carbocycles. The van der Waals surface area contributed by atoms with Crippen LogP contribution >= 0.6 is 11.8 Å². The van der Waals surface area contributed by atoms with Crippen molar-refractivity contribution in [2.75, 3.05) is 5.75 Å². The quantitative estimate of drug-likeness (QED) is 0.322. The van der Waals surface area contributed by atoms with E-state index in [1.54, 1.807) is 16.7 Å². The minimum atomic E-state index is -0.315. The monoisotopic (exact) mass is 464 g/mol. The van der Waals surface area contributed by atoms with Gasteiger partial charge in [0.15, 0.2) is 5.16 Å². The van der Waals surface area contributed by atoms with E-state index in [-0.39, 0.29) is 29.1 Å². The van der Waals surface area contributed by atoms with Crippen LogP contribution in [0, 0.1) is 5.82 Å². The van der Waals surface area contributed by atoms with Crippen LogP contribution in [0.3, 0.4) is 0 Å². The molecule has 0 unspecified atom stereocenters. The molecule has 33 heavy (non-hydrogen) atoms. The fourth-order valence-corrected chi connectivity index (χ4v) is 4.65. The third kappa shape index (κ3) is 4.85. The molecule has 4 rings (SSSR count). The van der Waals surface area contributed by atoms with Crippen molar-refractivity contribution in [3.8, 4) is 11.1 Å². The highest BCUT2D eigenvalue weighted by atomic mass is 32.2. The number of hydrogen-bond donors (Lipinski definition) is 1. The first kappa shape index (κ1) is 22.8. The Morgan fingerprint density at radius 3 is 2.48 bits per heavy atom. The Labute approximate surface area is 195 Å². The highest BCUT2D eigenvalue weighted by Crippen LogP contribution is 2.29. The number of hydrogen-bond acceptors (Lipinski definition) is 4. The SMILES string of the molecule is CC(C)n1c(SCC(=O)NCc2ccc(F)cc2)nc2c(-c3ccccc3)cn(C)c2c1=O. The second-order valence-electron chi connectivity index (χ2n) is 8.07. The molecular weight excluding hydrogens is 439 g/mol. The van der Waals surface area contributed by atoms with E-state index in [1.807, 2.05) is 62.0 Å². The maximum absolute atomic E-state index is 13.4. The minimum absolute atomic E-state index is 0.110. The number of carbonyl (C=O) groups excluding carboxylic acids is 1. The van der Waals surface area contributed by atoms with Crippen molar-refractivity contribution in [3.63, 3.8) is 0 Å². The zero-order chi connectivity index (χ0) is 23.5. The van der Waals surface area contributed by atoms with Gasteiger partial charge in [-0.25, -0.2) is 9.37 Å². The topological polar surface area (TPSA) is 68.9 Å². The third-order valence-electron chi connectivity index (χ3n) is 5.33. The number of halogens is 1. The van der Waals surface area contributed by atoms with Crippen molar-refractivity contribution in [3.05, 3.63) is 82.5 Å². The second-order valence-corrected chi connectivity index (χ2v) is 9.01. The lowest BCUT2D eigenvalue weighted by Crippen LogP contribution is -2.28. The summed E-state index contributed by atoms with van der Waals surface area (Å²) in [5, 5.41) is 3.33. The molecule has 0 radical (unpaired) electrons. The van der Waals surface area contributed by atoms with E-state index in [0.29, 0.717) is 22.7 Å². The Hall–Kier alpha value is -3.39. The molecule has 170 valence electrons. The van der Waals surface area contributed by atoms with Crippen LogP contribution < -0.4 is 10.9 Å². The Bertz CT molecular complexity index is 1350. The molecule has 6 nitrogen and oxygen atoms in total. The summed E-state index contributed by atoms with van der Waals surface area (Å²) in [7, 11) is 1.85. The Kier molecular flexibility index (Phi) is 6.65. The smallest absolute Gasteiger partial charge is 0.278 e. The number of amides is 1. The number of nitrogens with one attached hydrogen (secondary N) is 1. The summed E-state index contributed by atoms with van der Waals surface area (Å²) in [6.45, 7) is 4.16. The normalized spacial score (nSPS) is 11.3. The average molecular weight is 465 g/mol. The molecular formula is C25H25FN4O2S. The standard InChI is InChI=1S/C25H25FN4O2S/c1-16(2)30-24(32)23-22(20(14-29(23)3)18-7-5-4-6-8-18)28-25(30)33-15-21(31)27-13-17-9-11-19(26)12-10-17/h4-12,14,16H,13,15H2,1-3H3,(H,27,31). The van der Waals surface area contributed by atoms with Crippen LogP contribution in [0.4, 0.5) is 4.39 Å². The molecule has 0 saturated heterocycles. The third-order valence-corrected chi connectivity index (χ3v) is 6.28. The number of fused-ring (bicyclic) bond motifs is 1. The predicted molar refractivity (Wildman–Crippen MR) is 130 cm³/mol. The first-order valence-electron chi connectivity index (χ1n) is 10.7. The molecule has 0 saturated carbocycles. The van der Waals surface area contributed by atoms with Crippen LogP contribution in [0.25, 0.3) is 22.2 Å². The molecule has 0 aliphatic heterocycles. The summed E-state index contributed by atoms with van der Waals surface area (Å²) in [6.07, 6.45) is 1.92. The second kappa shape index (κ2) is 9.62. The zero-order valence-corrected chi connectivity index (χ0v) is 19.5. The minimum Gasteiger partial charge on any atom is -0.351 e. The van der Waals surface area contributed by atoms with Crippen molar-refractivity contribution in [2.45, 2.75) is 31.6 Å². The van der Waals surface area contributed by atoms with Gasteiger partial charge in [0.1, 0.15) is 16.9 Å². The number of nitrogens with zero attached hydrogens (tertiary/aromatic N) is 3. The maximum Gasteiger partial charge on any atom is 0.278 e. The van der Waals surface area contributed by atoms with E-state index in [2.05, 4.69) is 5.32 Å². The van der Waals surface area contributed by atoms with Crippen molar-refractivity contribution in [2.24, 2.45) is 7.05 Å². The molecule has 1 N–H and O–H groups in total.